The predicted molar refractivity (Wildman–Crippen MR) is 212 cm³/mol. The van der Waals surface area contributed by atoms with Crippen molar-refractivity contribution in [1.29, 1.82) is 0 Å². The summed E-state index contributed by atoms with van der Waals surface area (Å²) in [5.74, 6) is 1.18. The van der Waals surface area contributed by atoms with Crippen molar-refractivity contribution in [2.75, 3.05) is 0 Å². The molecule has 0 aliphatic heterocycles. The lowest BCUT2D eigenvalue weighted by Gasteiger charge is -2.17. The zero-order valence-electron chi connectivity index (χ0n) is 27.5. The Bertz CT molecular complexity index is 2730. The zero-order valence-corrected chi connectivity index (χ0v) is 29.3. The van der Waals surface area contributed by atoms with Crippen LogP contribution in [-0.2, 0) is 0 Å². The SMILES string of the molecule is c1ccc2c(-c3c(Op4oc5ccccc5c5ccccc5o4)ccc4ccccc34)c(Op3oc4ccccc4c4ccccc4o3)ccc2c1. The van der Waals surface area contributed by atoms with Crippen LogP contribution < -0.4 is 9.05 Å². The van der Waals surface area contributed by atoms with Gasteiger partial charge in [-0.05, 0) is 57.9 Å². The van der Waals surface area contributed by atoms with Crippen molar-refractivity contribution in [1.82, 2.24) is 0 Å². The number of hydrogen-bond acceptors (Lipinski definition) is 6. The molecule has 0 saturated carbocycles. The summed E-state index contributed by atoms with van der Waals surface area (Å²) < 4.78 is 39.8. The molecule has 2 heterocycles. The zero-order chi connectivity index (χ0) is 34.4. The Morgan fingerprint density at radius 3 is 0.923 bits per heavy atom. The highest BCUT2D eigenvalue weighted by molar-refractivity contribution is 7.32. The Labute approximate surface area is 299 Å². The van der Waals surface area contributed by atoms with Crippen molar-refractivity contribution in [3.63, 3.8) is 0 Å². The molecule has 8 heteroatoms. The van der Waals surface area contributed by atoms with Crippen LogP contribution in [0.15, 0.2) is 187 Å². The molecule has 0 aliphatic rings. The molecule has 0 unspecified atom stereocenters. The lowest BCUT2D eigenvalue weighted by molar-refractivity contribution is 0.494. The van der Waals surface area contributed by atoms with E-state index in [4.69, 9.17) is 25.8 Å². The molecule has 0 radical (unpaired) electrons. The van der Waals surface area contributed by atoms with E-state index in [0.29, 0.717) is 33.8 Å². The van der Waals surface area contributed by atoms with Crippen LogP contribution in [0, 0.1) is 0 Å². The van der Waals surface area contributed by atoms with Gasteiger partial charge in [0, 0.05) is 32.7 Å². The van der Waals surface area contributed by atoms with Gasteiger partial charge in [0.2, 0.25) is 0 Å². The van der Waals surface area contributed by atoms with E-state index in [2.05, 4.69) is 36.4 Å². The monoisotopic (exact) mass is 714 g/mol. The maximum absolute atomic E-state index is 6.86. The second-order valence-electron chi connectivity index (χ2n) is 12.3. The van der Waals surface area contributed by atoms with Crippen molar-refractivity contribution >= 4 is 81.9 Å². The van der Waals surface area contributed by atoms with Crippen LogP contribution >= 0.6 is 16.5 Å². The molecule has 8 aromatic carbocycles. The summed E-state index contributed by atoms with van der Waals surface area (Å²) >= 11 is 0. The first-order chi connectivity index (χ1) is 25.8. The molecule has 2 aromatic heterocycles. The van der Waals surface area contributed by atoms with Gasteiger partial charge in [0.1, 0.15) is 33.8 Å². The van der Waals surface area contributed by atoms with Crippen LogP contribution in [0.5, 0.6) is 11.5 Å². The van der Waals surface area contributed by atoms with Gasteiger partial charge in [-0.25, -0.2) is 0 Å². The quantitative estimate of drug-likeness (QED) is 0.177. The maximum Gasteiger partial charge on any atom is 0.453 e. The Balaban J connectivity index is 1.23. The third-order valence-corrected chi connectivity index (χ3v) is 11.3. The fraction of sp³-hybridized carbons (Fsp3) is 0. The van der Waals surface area contributed by atoms with E-state index in [0.717, 1.165) is 54.2 Å². The Hall–Kier alpha value is -6.32. The molecule has 6 nitrogen and oxygen atoms in total. The standard InChI is InChI=1S/C44H28O6P2/c1-3-15-31-29(13-1)25-27-41(49-51-45-37-21-9-5-17-33(37)34-18-6-10-22-38(34)46-51)43(31)44-32-16-4-2-14-30(32)26-28-42(44)50-52-47-39-23-11-7-19-35(39)36-20-8-12-24-40(36)48-52/h1-28H. The van der Waals surface area contributed by atoms with E-state index in [-0.39, 0.29) is 0 Å². The van der Waals surface area contributed by atoms with Gasteiger partial charge in [0.15, 0.2) is 0 Å². The van der Waals surface area contributed by atoms with Crippen molar-refractivity contribution in [3.8, 4) is 22.6 Å². The Morgan fingerprint density at radius 2 is 0.577 bits per heavy atom. The van der Waals surface area contributed by atoms with E-state index < -0.39 is 16.5 Å². The van der Waals surface area contributed by atoms with Gasteiger partial charge in [0.05, 0.1) is 0 Å². The fourth-order valence-electron chi connectivity index (χ4n) is 6.84. The van der Waals surface area contributed by atoms with Crippen LogP contribution in [0.3, 0.4) is 0 Å². The molecule has 0 spiro atoms. The van der Waals surface area contributed by atoms with Gasteiger partial charge in [-0.3, -0.25) is 0 Å². The van der Waals surface area contributed by atoms with Crippen molar-refractivity contribution in [2.24, 2.45) is 0 Å². The molecule has 0 amide bonds. The van der Waals surface area contributed by atoms with E-state index in [1.807, 2.05) is 133 Å². The van der Waals surface area contributed by atoms with Gasteiger partial charge >= 0.3 is 16.5 Å². The predicted octanol–water partition coefficient (Wildman–Crippen LogP) is 14.6. The lowest BCUT2D eigenvalue weighted by atomic mass is 9.92. The average Bonchev–Trinajstić information content (AvgIpc) is 3.45. The molecule has 0 bridgehead atoms. The lowest BCUT2D eigenvalue weighted by Crippen LogP contribution is -1.93. The van der Waals surface area contributed by atoms with Gasteiger partial charge in [-0.1, -0.05) is 133 Å². The number of fused-ring (bicyclic) bond motifs is 8. The molecule has 0 atom stereocenters. The molecule has 10 aromatic rings. The van der Waals surface area contributed by atoms with Crippen molar-refractivity contribution in [2.45, 2.75) is 0 Å². The minimum absolute atomic E-state index is 0.592. The second-order valence-corrected chi connectivity index (χ2v) is 14.3. The first-order valence-electron chi connectivity index (χ1n) is 16.9. The number of para-hydroxylation sites is 4. The Morgan fingerprint density at radius 1 is 0.288 bits per heavy atom. The highest BCUT2D eigenvalue weighted by atomic mass is 31.1. The second kappa shape index (κ2) is 12.8. The van der Waals surface area contributed by atoms with E-state index in [1.54, 1.807) is 0 Å². The van der Waals surface area contributed by atoms with E-state index in [1.165, 1.54) is 0 Å². The number of benzene rings is 8. The van der Waals surface area contributed by atoms with Crippen LogP contribution in [0.4, 0.5) is 0 Å². The molecule has 0 fully saturated rings. The largest absolute Gasteiger partial charge is 0.453 e. The summed E-state index contributed by atoms with van der Waals surface area (Å²) in [6.07, 6.45) is 0. The average molecular weight is 715 g/mol. The van der Waals surface area contributed by atoms with Crippen molar-refractivity contribution in [3.05, 3.63) is 170 Å². The third kappa shape index (κ3) is 5.37. The minimum atomic E-state index is -1.93. The topological polar surface area (TPSA) is 71.0 Å². The van der Waals surface area contributed by atoms with Gasteiger partial charge in [-0.2, -0.15) is 0 Å². The van der Waals surface area contributed by atoms with Gasteiger partial charge < -0.3 is 25.8 Å². The first kappa shape index (κ1) is 30.5. The number of rotatable bonds is 5. The van der Waals surface area contributed by atoms with E-state index in [9.17, 15) is 0 Å². The van der Waals surface area contributed by atoms with Crippen molar-refractivity contribution < 1.29 is 25.8 Å². The highest BCUT2D eigenvalue weighted by Crippen LogP contribution is 2.50. The third-order valence-electron chi connectivity index (χ3n) is 9.20. The normalized spacial score (nSPS) is 11.5. The summed E-state index contributed by atoms with van der Waals surface area (Å²) in [5, 5.41) is 7.85. The summed E-state index contributed by atoms with van der Waals surface area (Å²) in [4.78, 5) is 0. The summed E-state index contributed by atoms with van der Waals surface area (Å²) in [7, 11) is -3.85. The van der Waals surface area contributed by atoms with E-state index >= 15 is 0 Å². The minimum Gasteiger partial charge on any atom is -0.390 e. The molecule has 0 aliphatic carbocycles. The Kier molecular flexibility index (Phi) is 7.49. The van der Waals surface area contributed by atoms with Crippen LogP contribution in [0.2, 0.25) is 0 Å². The molecule has 52 heavy (non-hydrogen) atoms. The highest BCUT2D eigenvalue weighted by Gasteiger charge is 2.22. The summed E-state index contributed by atoms with van der Waals surface area (Å²) in [6.45, 7) is 0. The number of hydrogen-bond donors (Lipinski definition) is 0. The fourth-order valence-corrected chi connectivity index (χ4v) is 8.97. The van der Waals surface area contributed by atoms with Crippen LogP contribution in [0.1, 0.15) is 0 Å². The van der Waals surface area contributed by atoms with Crippen LogP contribution in [0.25, 0.3) is 76.5 Å². The smallest absolute Gasteiger partial charge is 0.390 e. The first-order valence-corrected chi connectivity index (χ1v) is 19.0. The molecule has 10 rings (SSSR count). The molecule has 0 N–H and O–H groups in total. The van der Waals surface area contributed by atoms with Crippen LogP contribution in [-0.4, -0.2) is 0 Å². The molecular formula is C44H28O6P2. The maximum atomic E-state index is 6.86. The summed E-state index contributed by atoms with van der Waals surface area (Å²) in [6, 6.07) is 56.4. The van der Waals surface area contributed by atoms with Gasteiger partial charge in [-0.15, -0.1) is 0 Å². The molecular weight excluding hydrogens is 686 g/mol. The molecule has 250 valence electrons. The summed E-state index contributed by atoms with van der Waals surface area (Å²) in [5.41, 5.74) is 4.47. The van der Waals surface area contributed by atoms with Gasteiger partial charge in [0.25, 0.3) is 0 Å². The molecule has 0 saturated heterocycles.